The zero-order chi connectivity index (χ0) is 18.8. The van der Waals surface area contributed by atoms with Crippen LogP contribution in [0.15, 0.2) is 36.7 Å². The van der Waals surface area contributed by atoms with Crippen molar-refractivity contribution in [3.63, 3.8) is 0 Å². The Labute approximate surface area is 156 Å². The monoisotopic (exact) mass is 368 g/mol. The largest absolute Gasteiger partial charge is 0.493 e. The van der Waals surface area contributed by atoms with Gasteiger partial charge in [-0.1, -0.05) is 6.07 Å². The third-order valence-corrected chi connectivity index (χ3v) is 4.84. The van der Waals surface area contributed by atoms with Gasteiger partial charge in [-0.05, 0) is 29.3 Å². The first-order chi connectivity index (χ1) is 13.1. The van der Waals surface area contributed by atoms with Crippen molar-refractivity contribution in [3.8, 4) is 16.9 Å². The minimum atomic E-state index is -0.932. The van der Waals surface area contributed by atoms with E-state index in [1.165, 1.54) is 0 Å². The summed E-state index contributed by atoms with van der Waals surface area (Å²) < 4.78 is 11.0. The number of carboxylic acids is 1. The summed E-state index contributed by atoms with van der Waals surface area (Å²) in [5.74, 6) is -0.178. The van der Waals surface area contributed by atoms with Crippen LogP contribution in [0.25, 0.3) is 11.1 Å². The minimum absolute atomic E-state index is 0.112. The standard InChI is InChI=1S/C20H20N2O5/c23-19(24)9-17-12-22(4-6-26-17)20(25)16-8-15(10-21-11-16)13-1-2-18-14(7-13)3-5-27-18/h1-2,7-8,10-11,17H,3-6,9,12H2,(H,23,24). The molecule has 1 aromatic carbocycles. The summed E-state index contributed by atoms with van der Waals surface area (Å²) in [4.78, 5) is 29.6. The molecule has 2 aromatic rings. The van der Waals surface area contributed by atoms with Crippen molar-refractivity contribution in [2.45, 2.75) is 18.9 Å². The maximum absolute atomic E-state index is 12.9. The van der Waals surface area contributed by atoms with Crippen LogP contribution in [-0.2, 0) is 16.0 Å². The van der Waals surface area contributed by atoms with E-state index in [0.717, 1.165) is 28.9 Å². The van der Waals surface area contributed by atoms with E-state index < -0.39 is 12.1 Å². The maximum Gasteiger partial charge on any atom is 0.306 e. The Morgan fingerprint density at radius 3 is 2.93 bits per heavy atom. The molecule has 2 aliphatic rings. The Hall–Kier alpha value is -2.93. The van der Waals surface area contributed by atoms with E-state index in [1.807, 2.05) is 18.2 Å². The van der Waals surface area contributed by atoms with Crippen LogP contribution < -0.4 is 4.74 Å². The van der Waals surface area contributed by atoms with E-state index in [1.54, 1.807) is 17.3 Å². The summed E-state index contributed by atoms with van der Waals surface area (Å²) in [5, 5.41) is 8.93. The second-order valence-corrected chi connectivity index (χ2v) is 6.73. The minimum Gasteiger partial charge on any atom is -0.493 e. The predicted molar refractivity (Wildman–Crippen MR) is 96.8 cm³/mol. The van der Waals surface area contributed by atoms with Crippen LogP contribution in [0, 0.1) is 0 Å². The van der Waals surface area contributed by atoms with Gasteiger partial charge in [-0.15, -0.1) is 0 Å². The average Bonchev–Trinajstić information content (AvgIpc) is 3.15. The van der Waals surface area contributed by atoms with E-state index in [-0.39, 0.29) is 18.9 Å². The molecule has 1 atom stereocenters. The molecule has 0 bridgehead atoms. The highest BCUT2D eigenvalue weighted by atomic mass is 16.5. The molecule has 1 aromatic heterocycles. The highest BCUT2D eigenvalue weighted by Gasteiger charge is 2.27. The van der Waals surface area contributed by atoms with Crippen molar-refractivity contribution in [2.75, 3.05) is 26.3 Å². The average molecular weight is 368 g/mol. The number of nitrogens with zero attached hydrogens (tertiary/aromatic N) is 2. The number of rotatable bonds is 4. The number of carboxylic acid groups (broad SMARTS) is 1. The molecule has 3 heterocycles. The zero-order valence-corrected chi connectivity index (χ0v) is 14.8. The van der Waals surface area contributed by atoms with Crippen LogP contribution >= 0.6 is 0 Å². The molecule has 1 amide bonds. The van der Waals surface area contributed by atoms with Crippen LogP contribution in [0.1, 0.15) is 22.3 Å². The molecule has 27 heavy (non-hydrogen) atoms. The van der Waals surface area contributed by atoms with Crippen LogP contribution in [0.4, 0.5) is 0 Å². The molecule has 2 aliphatic heterocycles. The third kappa shape index (κ3) is 3.78. The van der Waals surface area contributed by atoms with Crippen LogP contribution in [0.5, 0.6) is 5.75 Å². The number of benzene rings is 1. The van der Waals surface area contributed by atoms with E-state index >= 15 is 0 Å². The van der Waals surface area contributed by atoms with E-state index in [4.69, 9.17) is 14.6 Å². The molecule has 4 rings (SSSR count). The summed E-state index contributed by atoms with van der Waals surface area (Å²) in [6.07, 6.45) is 3.57. The van der Waals surface area contributed by atoms with Gasteiger partial charge in [0.25, 0.3) is 5.91 Å². The number of fused-ring (bicyclic) bond motifs is 1. The molecule has 7 heteroatoms. The number of amides is 1. The topological polar surface area (TPSA) is 89.0 Å². The number of aliphatic carboxylic acids is 1. The lowest BCUT2D eigenvalue weighted by molar-refractivity contribution is -0.141. The molecular weight excluding hydrogens is 348 g/mol. The Kier molecular flexibility index (Phi) is 4.77. The second kappa shape index (κ2) is 7.36. The first kappa shape index (κ1) is 17.5. The van der Waals surface area contributed by atoms with E-state index in [0.29, 0.717) is 25.3 Å². The number of aromatic nitrogens is 1. The number of morpholine rings is 1. The Bertz CT molecular complexity index is 882. The van der Waals surface area contributed by atoms with Gasteiger partial charge in [0, 0.05) is 37.5 Å². The normalized spacial score (nSPS) is 18.7. The fourth-order valence-corrected chi connectivity index (χ4v) is 3.49. The van der Waals surface area contributed by atoms with Gasteiger partial charge in [0.15, 0.2) is 0 Å². The zero-order valence-electron chi connectivity index (χ0n) is 14.8. The van der Waals surface area contributed by atoms with Gasteiger partial charge in [-0.3, -0.25) is 14.6 Å². The molecule has 140 valence electrons. The SMILES string of the molecule is O=C(O)CC1CN(C(=O)c2cncc(-c3ccc4c(c3)CCO4)c2)CCO1. The van der Waals surface area contributed by atoms with Gasteiger partial charge < -0.3 is 19.5 Å². The van der Waals surface area contributed by atoms with Crippen molar-refractivity contribution < 1.29 is 24.2 Å². The fraction of sp³-hybridized carbons (Fsp3) is 0.350. The van der Waals surface area contributed by atoms with Crippen LogP contribution in [0.2, 0.25) is 0 Å². The number of hydrogen-bond acceptors (Lipinski definition) is 5. The molecule has 1 N–H and O–H groups in total. The summed E-state index contributed by atoms with van der Waals surface area (Å²) in [6.45, 7) is 1.74. The Balaban J connectivity index is 1.53. The lowest BCUT2D eigenvalue weighted by Crippen LogP contribution is -2.46. The van der Waals surface area contributed by atoms with Crippen LogP contribution in [0.3, 0.4) is 0 Å². The van der Waals surface area contributed by atoms with E-state index in [9.17, 15) is 9.59 Å². The molecule has 0 saturated carbocycles. The van der Waals surface area contributed by atoms with Crippen molar-refractivity contribution in [3.05, 3.63) is 47.8 Å². The molecule has 0 radical (unpaired) electrons. The summed E-state index contributed by atoms with van der Waals surface area (Å²) >= 11 is 0. The van der Waals surface area contributed by atoms with Gasteiger partial charge in [0.05, 0.1) is 31.3 Å². The van der Waals surface area contributed by atoms with Gasteiger partial charge in [-0.25, -0.2) is 0 Å². The summed E-state index contributed by atoms with van der Waals surface area (Å²) in [5.41, 5.74) is 3.51. The van der Waals surface area contributed by atoms with Crippen molar-refractivity contribution >= 4 is 11.9 Å². The molecular formula is C20H20N2O5. The quantitative estimate of drug-likeness (QED) is 0.888. The molecule has 1 saturated heterocycles. The molecule has 0 spiro atoms. The van der Waals surface area contributed by atoms with E-state index in [2.05, 4.69) is 11.1 Å². The number of ether oxygens (including phenoxy) is 2. The smallest absolute Gasteiger partial charge is 0.306 e. The number of hydrogen-bond donors (Lipinski definition) is 1. The fourth-order valence-electron chi connectivity index (χ4n) is 3.49. The number of pyridine rings is 1. The first-order valence-corrected chi connectivity index (χ1v) is 8.94. The highest BCUT2D eigenvalue weighted by Crippen LogP contribution is 2.30. The summed E-state index contributed by atoms with van der Waals surface area (Å²) in [7, 11) is 0. The van der Waals surface area contributed by atoms with Crippen molar-refractivity contribution in [1.82, 2.24) is 9.88 Å². The van der Waals surface area contributed by atoms with Crippen molar-refractivity contribution in [2.24, 2.45) is 0 Å². The van der Waals surface area contributed by atoms with Gasteiger partial charge in [-0.2, -0.15) is 0 Å². The molecule has 0 aliphatic carbocycles. The van der Waals surface area contributed by atoms with Crippen molar-refractivity contribution in [1.29, 1.82) is 0 Å². The second-order valence-electron chi connectivity index (χ2n) is 6.73. The number of carbonyl (C=O) groups is 2. The molecule has 1 fully saturated rings. The Morgan fingerprint density at radius 2 is 2.07 bits per heavy atom. The summed E-state index contributed by atoms with van der Waals surface area (Å²) in [6, 6.07) is 7.82. The van der Waals surface area contributed by atoms with Gasteiger partial charge in [0.2, 0.25) is 0 Å². The lowest BCUT2D eigenvalue weighted by Gasteiger charge is -2.32. The lowest BCUT2D eigenvalue weighted by atomic mass is 10.0. The molecule has 7 nitrogen and oxygen atoms in total. The van der Waals surface area contributed by atoms with Gasteiger partial charge in [0.1, 0.15) is 5.75 Å². The highest BCUT2D eigenvalue weighted by molar-refractivity contribution is 5.95. The number of carbonyl (C=O) groups excluding carboxylic acids is 1. The maximum atomic E-state index is 12.9. The predicted octanol–water partition coefficient (Wildman–Crippen LogP) is 2.00. The first-order valence-electron chi connectivity index (χ1n) is 8.94. The van der Waals surface area contributed by atoms with Gasteiger partial charge >= 0.3 is 5.97 Å². The Morgan fingerprint density at radius 1 is 1.19 bits per heavy atom. The van der Waals surface area contributed by atoms with Crippen LogP contribution in [-0.4, -0.2) is 59.3 Å². The third-order valence-electron chi connectivity index (χ3n) is 4.84. The molecule has 1 unspecified atom stereocenters.